The van der Waals surface area contributed by atoms with Crippen LogP contribution in [-0.2, 0) is 0 Å². The number of carbonyl (C=O) groups is 2. The first-order valence-electron chi connectivity index (χ1n) is 9.86. The molecule has 0 radical (unpaired) electrons. The fourth-order valence-corrected chi connectivity index (χ4v) is 2.82. The minimum absolute atomic E-state index is 0.132. The van der Waals surface area contributed by atoms with Gasteiger partial charge in [-0.25, -0.2) is 9.59 Å². The van der Waals surface area contributed by atoms with E-state index in [1.54, 1.807) is 66.9 Å². The van der Waals surface area contributed by atoms with Crippen molar-refractivity contribution in [3.63, 3.8) is 0 Å². The van der Waals surface area contributed by atoms with Crippen molar-refractivity contribution < 1.29 is 23.5 Å². The summed E-state index contributed by atoms with van der Waals surface area (Å²) in [4.78, 5) is 28.8. The molecular formula is C26H19NO5. The lowest BCUT2D eigenvalue weighted by Gasteiger charge is -2.07. The van der Waals surface area contributed by atoms with Crippen molar-refractivity contribution in [2.75, 3.05) is 0 Å². The second-order valence-electron chi connectivity index (χ2n) is 6.92. The number of furan rings is 1. The van der Waals surface area contributed by atoms with Gasteiger partial charge in [0.15, 0.2) is 5.75 Å². The highest BCUT2D eigenvalue weighted by Crippen LogP contribution is 2.28. The molecule has 0 saturated heterocycles. The lowest BCUT2D eigenvalue weighted by molar-refractivity contribution is 0.0699. The fraction of sp³-hybridized carbons (Fsp3) is 0.0385. The van der Waals surface area contributed by atoms with E-state index in [-0.39, 0.29) is 5.76 Å². The van der Waals surface area contributed by atoms with Crippen LogP contribution in [0.1, 0.15) is 32.0 Å². The summed E-state index contributed by atoms with van der Waals surface area (Å²) in [6, 6.07) is 24.2. The molecule has 0 aliphatic heterocycles. The number of hydrogen-bond acceptors (Lipinski definition) is 6. The first kappa shape index (κ1) is 20.8. The lowest BCUT2D eigenvalue weighted by atomic mass is 10.1. The number of esters is 2. The van der Waals surface area contributed by atoms with Gasteiger partial charge in [-0.3, -0.25) is 4.99 Å². The smallest absolute Gasteiger partial charge is 0.379 e. The van der Waals surface area contributed by atoms with E-state index < -0.39 is 11.9 Å². The largest absolute Gasteiger partial charge is 0.457 e. The summed E-state index contributed by atoms with van der Waals surface area (Å²) < 4.78 is 15.8. The van der Waals surface area contributed by atoms with Crippen LogP contribution in [0.2, 0.25) is 0 Å². The Morgan fingerprint density at radius 2 is 1.56 bits per heavy atom. The van der Waals surface area contributed by atoms with Crippen LogP contribution in [0, 0.1) is 6.92 Å². The second kappa shape index (κ2) is 9.57. The zero-order valence-electron chi connectivity index (χ0n) is 17.2. The zero-order chi connectivity index (χ0) is 22.3. The number of aryl methyl sites for hydroxylation is 1. The van der Waals surface area contributed by atoms with Gasteiger partial charge in [0.2, 0.25) is 5.76 Å². The monoisotopic (exact) mass is 425 g/mol. The molecule has 0 N–H and O–H groups in total. The molecule has 158 valence electrons. The fourth-order valence-electron chi connectivity index (χ4n) is 2.82. The number of nitrogens with zero attached hydrogens (tertiary/aromatic N) is 1. The van der Waals surface area contributed by atoms with Crippen LogP contribution in [0.15, 0.2) is 101 Å². The van der Waals surface area contributed by atoms with Crippen LogP contribution in [0.3, 0.4) is 0 Å². The van der Waals surface area contributed by atoms with E-state index >= 15 is 0 Å². The molecule has 1 heterocycles. The molecule has 1 aromatic heterocycles. The van der Waals surface area contributed by atoms with Crippen LogP contribution in [0.5, 0.6) is 11.5 Å². The number of hydrogen-bond donors (Lipinski definition) is 0. The van der Waals surface area contributed by atoms with Gasteiger partial charge in [0, 0.05) is 6.21 Å². The predicted molar refractivity (Wildman–Crippen MR) is 120 cm³/mol. The van der Waals surface area contributed by atoms with E-state index in [4.69, 9.17) is 13.9 Å². The molecule has 0 amide bonds. The first-order chi connectivity index (χ1) is 15.6. The third kappa shape index (κ3) is 5.17. The van der Waals surface area contributed by atoms with Crippen molar-refractivity contribution >= 4 is 23.8 Å². The molecule has 0 unspecified atom stereocenters. The van der Waals surface area contributed by atoms with Crippen LogP contribution >= 0.6 is 0 Å². The summed E-state index contributed by atoms with van der Waals surface area (Å²) in [5, 5.41) is 0. The Balaban J connectivity index is 1.44. The third-order valence-electron chi connectivity index (χ3n) is 4.52. The van der Waals surface area contributed by atoms with Crippen molar-refractivity contribution in [2.24, 2.45) is 4.99 Å². The quantitative estimate of drug-likeness (QED) is 0.222. The molecule has 0 saturated carbocycles. The lowest BCUT2D eigenvalue weighted by Crippen LogP contribution is -2.08. The normalized spacial score (nSPS) is 10.8. The molecule has 0 bridgehead atoms. The SMILES string of the molecule is Cc1ccc(C(=O)Oc2ccccc2N=Cc2ccc(OC(=O)c3ccco3)cc2)cc1. The summed E-state index contributed by atoms with van der Waals surface area (Å²) in [5.74, 6) is -0.141. The Bertz CT molecular complexity index is 1240. The Morgan fingerprint density at radius 3 is 2.28 bits per heavy atom. The number of benzene rings is 3. The summed E-state index contributed by atoms with van der Waals surface area (Å²) >= 11 is 0. The number of ether oxygens (including phenoxy) is 2. The van der Waals surface area contributed by atoms with Gasteiger partial charge in [-0.15, -0.1) is 0 Å². The average Bonchev–Trinajstić information content (AvgIpc) is 3.35. The van der Waals surface area contributed by atoms with Crippen molar-refractivity contribution in [1.29, 1.82) is 0 Å². The molecule has 3 aromatic carbocycles. The van der Waals surface area contributed by atoms with Gasteiger partial charge in [0.25, 0.3) is 0 Å². The molecule has 32 heavy (non-hydrogen) atoms. The number of rotatable bonds is 6. The average molecular weight is 425 g/mol. The summed E-state index contributed by atoms with van der Waals surface area (Å²) in [6.45, 7) is 1.95. The highest BCUT2D eigenvalue weighted by atomic mass is 16.5. The van der Waals surface area contributed by atoms with Crippen molar-refractivity contribution in [3.8, 4) is 11.5 Å². The zero-order valence-corrected chi connectivity index (χ0v) is 17.2. The number of aliphatic imine (C=N–C) groups is 1. The van der Waals surface area contributed by atoms with Gasteiger partial charge in [0.05, 0.1) is 11.8 Å². The van der Waals surface area contributed by atoms with Crippen molar-refractivity contribution in [2.45, 2.75) is 6.92 Å². The Hall–Kier alpha value is -4.45. The molecule has 0 aliphatic rings. The Labute approximate surface area is 184 Å². The molecule has 6 nitrogen and oxygen atoms in total. The summed E-state index contributed by atoms with van der Waals surface area (Å²) in [6.07, 6.45) is 3.04. The minimum atomic E-state index is -0.569. The summed E-state index contributed by atoms with van der Waals surface area (Å²) in [7, 11) is 0. The van der Waals surface area contributed by atoms with Gasteiger partial charge in [-0.1, -0.05) is 29.8 Å². The maximum Gasteiger partial charge on any atom is 0.379 e. The minimum Gasteiger partial charge on any atom is -0.457 e. The van der Waals surface area contributed by atoms with Crippen LogP contribution in [0.4, 0.5) is 5.69 Å². The van der Waals surface area contributed by atoms with Gasteiger partial charge in [-0.05, 0) is 73.2 Å². The standard InChI is InChI=1S/C26H19NO5/c1-18-8-12-20(13-9-18)25(28)32-23-6-3-2-5-22(23)27-17-19-10-14-21(15-11-19)31-26(29)24-7-4-16-30-24/h2-17H,1H3. The van der Waals surface area contributed by atoms with E-state index in [0.717, 1.165) is 11.1 Å². The van der Waals surface area contributed by atoms with E-state index in [0.29, 0.717) is 22.7 Å². The van der Waals surface area contributed by atoms with Crippen LogP contribution in [-0.4, -0.2) is 18.2 Å². The molecule has 0 fully saturated rings. The topological polar surface area (TPSA) is 78.1 Å². The van der Waals surface area contributed by atoms with Crippen molar-refractivity contribution in [3.05, 3.63) is 114 Å². The van der Waals surface area contributed by atoms with Crippen LogP contribution in [0.25, 0.3) is 0 Å². The van der Waals surface area contributed by atoms with Gasteiger partial charge in [0.1, 0.15) is 11.4 Å². The van der Waals surface area contributed by atoms with E-state index in [2.05, 4.69) is 4.99 Å². The Morgan fingerprint density at radius 1 is 0.812 bits per heavy atom. The van der Waals surface area contributed by atoms with E-state index in [1.165, 1.54) is 12.3 Å². The highest BCUT2D eigenvalue weighted by molar-refractivity contribution is 5.92. The third-order valence-corrected chi connectivity index (χ3v) is 4.52. The molecule has 0 atom stereocenters. The maximum atomic E-state index is 12.4. The van der Waals surface area contributed by atoms with E-state index in [1.807, 2.05) is 25.1 Å². The predicted octanol–water partition coefficient (Wildman–Crippen LogP) is 5.78. The van der Waals surface area contributed by atoms with Crippen LogP contribution < -0.4 is 9.47 Å². The number of para-hydroxylation sites is 2. The van der Waals surface area contributed by atoms with Gasteiger partial charge in [-0.2, -0.15) is 0 Å². The highest BCUT2D eigenvalue weighted by Gasteiger charge is 2.12. The molecule has 0 spiro atoms. The first-order valence-corrected chi connectivity index (χ1v) is 9.86. The second-order valence-corrected chi connectivity index (χ2v) is 6.92. The van der Waals surface area contributed by atoms with Gasteiger partial charge < -0.3 is 13.9 Å². The van der Waals surface area contributed by atoms with E-state index in [9.17, 15) is 9.59 Å². The molecule has 4 aromatic rings. The van der Waals surface area contributed by atoms with Crippen molar-refractivity contribution in [1.82, 2.24) is 0 Å². The maximum absolute atomic E-state index is 12.4. The molecular weight excluding hydrogens is 406 g/mol. The molecule has 6 heteroatoms. The Kier molecular flexibility index (Phi) is 6.22. The summed E-state index contributed by atoms with van der Waals surface area (Å²) in [5.41, 5.74) is 2.83. The molecule has 4 rings (SSSR count). The molecule has 0 aliphatic carbocycles. The number of carbonyl (C=O) groups excluding carboxylic acids is 2. The van der Waals surface area contributed by atoms with Gasteiger partial charge >= 0.3 is 11.9 Å².